The number of benzene rings is 1. The van der Waals surface area contributed by atoms with Crippen molar-refractivity contribution < 1.29 is 19.2 Å². The summed E-state index contributed by atoms with van der Waals surface area (Å²) in [6.45, 7) is 3.27. The van der Waals surface area contributed by atoms with Crippen molar-refractivity contribution in [2.45, 2.75) is 19.9 Å². The molecular weight excluding hydrogens is 352 g/mol. The van der Waals surface area contributed by atoms with Crippen molar-refractivity contribution >= 4 is 35.0 Å². The smallest absolute Gasteiger partial charge is 0.340 e. The molecule has 0 unspecified atom stereocenters. The Labute approximate surface area is 147 Å². The fourth-order valence-electron chi connectivity index (χ4n) is 2.00. The number of nitro benzene ring substituents is 1. The Morgan fingerprint density at radius 3 is 2.72 bits per heavy atom. The summed E-state index contributed by atoms with van der Waals surface area (Å²) in [5.41, 5.74) is -0.312. The number of anilines is 1. The minimum atomic E-state index is -0.854. The summed E-state index contributed by atoms with van der Waals surface area (Å²) in [6, 6.07) is 5.01. The van der Waals surface area contributed by atoms with E-state index in [0.717, 1.165) is 12.1 Å². The van der Waals surface area contributed by atoms with E-state index in [0.29, 0.717) is 5.82 Å². The van der Waals surface area contributed by atoms with Crippen LogP contribution in [0.1, 0.15) is 30.2 Å². The minimum Gasteiger partial charge on any atom is -0.452 e. The maximum atomic E-state index is 12.0. The Morgan fingerprint density at radius 2 is 2.12 bits per heavy atom. The first-order valence-electron chi connectivity index (χ1n) is 7.24. The van der Waals surface area contributed by atoms with Crippen LogP contribution in [0.4, 0.5) is 11.5 Å². The molecule has 1 aromatic heterocycles. The molecule has 1 amide bonds. The molecule has 132 valence electrons. The number of carbonyl (C=O) groups excluding carboxylic acids is 2. The molecule has 10 heteroatoms. The molecule has 0 bridgehead atoms. The summed E-state index contributed by atoms with van der Waals surface area (Å²) in [5.74, 6) is -0.925. The van der Waals surface area contributed by atoms with Gasteiger partial charge in [-0.1, -0.05) is 11.6 Å². The number of hydrogen-bond acceptors (Lipinski definition) is 6. The van der Waals surface area contributed by atoms with Crippen LogP contribution in [0.2, 0.25) is 5.02 Å². The van der Waals surface area contributed by atoms with E-state index in [1.54, 1.807) is 10.7 Å². The average Bonchev–Trinajstić information content (AvgIpc) is 3.00. The lowest BCUT2D eigenvalue weighted by atomic mass is 10.2. The number of ether oxygens (including phenoxy) is 1. The van der Waals surface area contributed by atoms with Crippen molar-refractivity contribution in [2.24, 2.45) is 0 Å². The highest BCUT2D eigenvalue weighted by Crippen LogP contribution is 2.23. The van der Waals surface area contributed by atoms with Gasteiger partial charge in [-0.3, -0.25) is 14.9 Å². The first-order valence-corrected chi connectivity index (χ1v) is 7.62. The number of nitro groups is 1. The lowest BCUT2D eigenvalue weighted by molar-refractivity contribution is -0.384. The van der Waals surface area contributed by atoms with Crippen molar-refractivity contribution in [2.75, 3.05) is 11.9 Å². The molecule has 0 aliphatic heterocycles. The van der Waals surface area contributed by atoms with E-state index in [2.05, 4.69) is 10.4 Å². The molecular formula is C15H15ClN4O5. The standard InChI is InChI=1S/C15H15ClN4O5/c1-9(2)19-13(5-6-17-19)18-14(21)8-25-15(22)11-4-3-10(20(23)24)7-12(11)16/h3-7,9H,8H2,1-2H3,(H,18,21). The summed E-state index contributed by atoms with van der Waals surface area (Å²) in [5, 5.41) is 17.2. The van der Waals surface area contributed by atoms with Gasteiger partial charge in [0.15, 0.2) is 6.61 Å². The van der Waals surface area contributed by atoms with E-state index < -0.39 is 23.4 Å². The quantitative estimate of drug-likeness (QED) is 0.477. The molecule has 0 saturated carbocycles. The molecule has 1 aromatic carbocycles. The molecule has 0 spiro atoms. The lowest BCUT2D eigenvalue weighted by Gasteiger charge is -2.12. The number of nitrogens with one attached hydrogen (secondary N) is 1. The van der Waals surface area contributed by atoms with Gasteiger partial charge < -0.3 is 10.1 Å². The first kappa shape index (κ1) is 18.4. The monoisotopic (exact) mass is 366 g/mol. The Morgan fingerprint density at radius 1 is 1.40 bits per heavy atom. The Hall–Kier alpha value is -2.94. The predicted molar refractivity (Wildman–Crippen MR) is 89.6 cm³/mol. The normalized spacial score (nSPS) is 10.6. The third-order valence-corrected chi connectivity index (χ3v) is 3.46. The van der Waals surface area contributed by atoms with Crippen molar-refractivity contribution in [1.82, 2.24) is 9.78 Å². The predicted octanol–water partition coefficient (Wildman–Crippen LogP) is 2.82. The van der Waals surface area contributed by atoms with Gasteiger partial charge in [-0.2, -0.15) is 5.10 Å². The van der Waals surface area contributed by atoms with Crippen LogP contribution in [-0.4, -0.2) is 33.2 Å². The molecule has 0 saturated heterocycles. The third-order valence-electron chi connectivity index (χ3n) is 3.14. The minimum absolute atomic E-state index is 0.0479. The van der Waals surface area contributed by atoms with E-state index in [-0.39, 0.29) is 22.3 Å². The van der Waals surface area contributed by atoms with E-state index in [1.165, 1.54) is 12.3 Å². The van der Waals surface area contributed by atoms with Gasteiger partial charge in [-0.15, -0.1) is 0 Å². The highest BCUT2D eigenvalue weighted by molar-refractivity contribution is 6.33. The second kappa shape index (κ2) is 7.75. The van der Waals surface area contributed by atoms with Crippen molar-refractivity contribution in [3.8, 4) is 0 Å². The zero-order chi connectivity index (χ0) is 18.6. The zero-order valence-corrected chi connectivity index (χ0v) is 14.2. The fourth-order valence-corrected chi connectivity index (χ4v) is 2.25. The fraction of sp³-hybridized carbons (Fsp3) is 0.267. The molecule has 1 N–H and O–H groups in total. The number of aromatic nitrogens is 2. The van der Waals surface area contributed by atoms with Gasteiger partial charge in [0.2, 0.25) is 0 Å². The van der Waals surface area contributed by atoms with Crippen LogP contribution >= 0.6 is 11.6 Å². The molecule has 0 fully saturated rings. The van der Waals surface area contributed by atoms with Crippen LogP contribution in [0.25, 0.3) is 0 Å². The van der Waals surface area contributed by atoms with E-state index >= 15 is 0 Å². The number of carbonyl (C=O) groups is 2. The van der Waals surface area contributed by atoms with Gasteiger partial charge in [0.05, 0.1) is 21.7 Å². The van der Waals surface area contributed by atoms with Crippen LogP contribution in [0.3, 0.4) is 0 Å². The van der Waals surface area contributed by atoms with Gasteiger partial charge >= 0.3 is 5.97 Å². The lowest BCUT2D eigenvalue weighted by Crippen LogP contribution is -2.23. The summed E-state index contributed by atoms with van der Waals surface area (Å²) in [6.07, 6.45) is 1.54. The third kappa shape index (κ3) is 4.54. The Balaban J connectivity index is 1.96. The van der Waals surface area contributed by atoms with Gasteiger partial charge in [0.25, 0.3) is 11.6 Å². The number of non-ortho nitro benzene ring substituents is 1. The number of esters is 1. The Kier molecular flexibility index (Phi) is 5.71. The average molecular weight is 367 g/mol. The first-order chi connectivity index (χ1) is 11.8. The number of nitrogens with zero attached hydrogens (tertiary/aromatic N) is 3. The summed E-state index contributed by atoms with van der Waals surface area (Å²) in [4.78, 5) is 33.9. The van der Waals surface area contributed by atoms with Gasteiger partial charge in [-0.05, 0) is 19.9 Å². The largest absolute Gasteiger partial charge is 0.452 e. The number of rotatable bonds is 6. The number of halogens is 1. The summed E-state index contributed by atoms with van der Waals surface area (Å²) >= 11 is 5.84. The molecule has 1 heterocycles. The zero-order valence-electron chi connectivity index (χ0n) is 13.4. The van der Waals surface area contributed by atoms with Gasteiger partial charge in [0, 0.05) is 24.2 Å². The van der Waals surface area contributed by atoms with Crippen LogP contribution in [0, 0.1) is 10.1 Å². The highest BCUT2D eigenvalue weighted by atomic mass is 35.5. The number of hydrogen-bond donors (Lipinski definition) is 1. The maximum Gasteiger partial charge on any atom is 0.340 e. The van der Waals surface area contributed by atoms with Crippen LogP contribution in [-0.2, 0) is 9.53 Å². The van der Waals surface area contributed by atoms with E-state index in [9.17, 15) is 19.7 Å². The molecule has 2 aromatic rings. The molecule has 0 atom stereocenters. The van der Waals surface area contributed by atoms with E-state index in [1.807, 2.05) is 13.8 Å². The van der Waals surface area contributed by atoms with Crippen LogP contribution in [0.15, 0.2) is 30.5 Å². The summed E-state index contributed by atoms with van der Waals surface area (Å²) < 4.78 is 6.49. The topological polar surface area (TPSA) is 116 Å². The summed E-state index contributed by atoms with van der Waals surface area (Å²) in [7, 11) is 0. The molecule has 0 aliphatic carbocycles. The van der Waals surface area contributed by atoms with Crippen molar-refractivity contribution in [1.29, 1.82) is 0 Å². The SMILES string of the molecule is CC(C)n1nccc1NC(=O)COC(=O)c1ccc([N+](=O)[O-])cc1Cl. The molecule has 0 aliphatic rings. The highest BCUT2D eigenvalue weighted by Gasteiger charge is 2.18. The van der Waals surface area contributed by atoms with E-state index in [4.69, 9.17) is 16.3 Å². The molecule has 9 nitrogen and oxygen atoms in total. The second-order valence-electron chi connectivity index (χ2n) is 5.30. The molecule has 25 heavy (non-hydrogen) atoms. The van der Waals surface area contributed by atoms with Crippen LogP contribution in [0.5, 0.6) is 0 Å². The molecule has 0 radical (unpaired) electrons. The second-order valence-corrected chi connectivity index (χ2v) is 5.71. The number of amides is 1. The van der Waals surface area contributed by atoms with Gasteiger partial charge in [-0.25, -0.2) is 9.48 Å². The van der Waals surface area contributed by atoms with Gasteiger partial charge in [0.1, 0.15) is 5.82 Å². The van der Waals surface area contributed by atoms with Crippen molar-refractivity contribution in [3.63, 3.8) is 0 Å². The van der Waals surface area contributed by atoms with Crippen LogP contribution < -0.4 is 5.32 Å². The van der Waals surface area contributed by atoms with Crippen molar-refractivity contribution in [3.05, 3.63) is 51.2 Å². The molecule has 2 rings (SSSR count). The maximum absolute atomic E-state index is 12.0. The Bertz CT molecular complexity index is 818.